The highest BCUT2D eigenvalue weighted by Crippen LogP contribution is 2.60. The maximum Gasteiger partial charge on any atom is 0.316 e. The molecular weight excluding hydrogens is 604 g/mol. The standard InChI is InChI=1S/C28H26Br2N2O5/c1-13-3-5-16(6-4-13)31-12-15(10-21(31)33)28(36)37-17-7-8-20(14(2)9-17)32-26(34)22-18-11-19(23(22)27(32)35)25(30)24(18)29/h3-9,15,18-19,22-25H,10-12H2,1-2H3/t15-,18-,19-,22-,23-,24+,25+/m1/s1. The van der Waals surface area contributed by atoms with Crippen molar-refractivity contribution in [1.29, 1.82) is 0 Å². The van der Waals surface area contributed by atoms with Gasteiger partial charge in [0.05, 0.1) is 23.4 Å². The Morgan fingerprint density at radius 3 is 2.14 bits per heavy atom. The van der Waals surface area contributed by atoms with Crippen molar-refractivity contribution in [2.45, 2.75) is 36.3 Å². The molecule has 4 aliphatic rings. The van der Waals surface area contributed by atoms with Crippen LogP contribution < -0.4 is 14.5 Å². The summed E-state index contributed by atoms with van der Waals surface area (Å²) in [6, 6.07) is 12.6. The average Bonchev–Trinajstić information content (AvgIpc) is 3.58. The minimum absolute atomic E-state index is 0.0921. The lowest BCUT2D eigenvalue weighted by atomic mass is 9.81. The Hall–Kier alpha value is -2.52. The number of fused-ring (bicyclic) bond motifs is 5. The van der Waals surface area contributed by atoms with Gasteiger partial charge in [0.15, 0.2) is 0 Å². The molecule has 9 heteroatoms. The molecule has 2 aliphatic heterocycles. The summed E-state index contributed by atoms with van der Waals surface area (Å²) in [6.45, 7) is 4.04. The molecule has 6 rings (SSSR count). The third-order valence-electron chi connectivity index (χ3n) is 8.42. The maximum absolute atomic E-state index is 13.4. The summed E-state index contributed by atoms with van der Waals surface area (Å²) in [5.74, 6) is -1.38. The molecular formula is C28H26Br2N2O5. The van der Waals surface area contributed by atoms with Crippen LogP contribution in [0.4, 0.5) is 11.4 Å². The normalized spacial score (nSPS) is 32.4. The number of esters is 1. The first-order valence-corrected chi connectivity index (χ1v) is 14.3. The van der Waals surface area contributed by atoms with Gasteiger partial charge in [-0.25, -0.2) is 4.90 Å². The Balaban J connectivity index is 1.16. The van der Waals surface area contributed by atoms with Gasteiger partial charge < -0.3 is 9.64 Å². The monoisotopic (exact) mass is 628 g/mol. The van der Waals surface area contributed by atoms with Crippen molar-refractivity contribution in [3.05, 3.63) is 53.6 Å². The fourth-order valence-electron chi connectivity index (χ4n) is 6.57. The van der Waals surface area contributed by atoms with Crippen molar-refractivity contribution in [2.75, 3.05) is 16.3 Å². The van der Waals surface area contributed by atoms with E-state index in [0.29, 0.717) is 17.0 Å². The summed E-state index contributed by atoms with van der Waals surface area (Å²) in [6.07, 6.45) is 0.972. The highest BCUT2D eigenvalue weighted by atomic mass is 79.9. The van der Waals surface area contributed by atoms with Crippen LogP contribution >= 0.6 is 31.9 Å². The second-order valence-electron chi connectivity index (χ2n) is 10.6. The summed E-state index contributed by atoms with van der Waals surface area (Å²) in [4.78, 5) is 55.5. The number of carbonyl (C=O) groups excluding carboxylic acids is 4. The number of imide groups is 1. The van der Waals surface area contributed by atoms with E-state index in [1.807, 2.05) is 31.2 Å². The summed E-state index contributed by atoms with van der Waals surface area (Å²) in [7, 11) is 0. The summed E-state index contributed by atoms with van der Waals surface area (Å²) in [5.41, 5.74) is 3.07. The van der Waals surface area contributed by atoms with E-state index in [1.165, 1.54) is 4.90 Å². The quantitative estimate of drug-likeness (QED) is 0.215. The third-order valence-corrected chi connectivity index (χ3v) is 11.6. The number of amides is 3. The van der Waals surface area contributed by atoms with E-state index in [2.05, 4.69) is 31.9 Å². The molecule has 0 radical (unpaired) electrons. The third kappa shape index (κ3) is 3.88. The predicted molar refractivity (Wildman–Crippen MR) is 145 cm³/mol. The Bertz CT molecular complexity index is 1300. The van der Waals surface area contributed by atoms with E-state index in [9.17, 15) is 19.2 Å². The minimum atomic E-state index is -0.570. The summed E-state index contributed by atoms with van der Waals surface area (Å²) in [5, 5.41) is 0. The van der Waals surface area contributed by atoms with E-state index in [0.717, 1.165) is 17.7 Å². The van der Waals surface area contributed by atoms with E-state index < -0.39 is 11.9 Å². The number of benzene rings is 2. The molecule has 37 heavy (non-hydrogen) atoms. The van der Waals surface area contributed by atoms with Gasteiger partial charge in [0.2, 0.25) is 17.7 Å². The number of carbonyl (C=O) groups is 4. The average molecular weight is 630 g/mol. The van der Waals surface area contributed by atoms with Crippen molar-refractivity contribution in [2.24, 2.45) is 29.6 Å². The number of anilines is 2. The van der Waals surface area contributed by atoms with Crippen LogP contribution in [0.2, 0.25) is 0 Å². The van der Waals surface area contributed by atoms with Crippen molar-refractivity contribution >= 4 is 66.9 Å². The summed E-state index contributed by atoms with van der Waals surface area (Å²) < 4.78 is 5.63. The van der Waals surface area contributed by atoms with Gasteiger partial charge >= 0.3 is 5.97 Å². The number of nitrogens with zero attached hydrogens (tertiary/aromatic N) is 2. The number of hydrogen-bond donors (Lipinski definition) is 0. The molecule has 3 amide bonds. The number of halogens is 2. The fourth-order valence-corrected chi connectivity index (χ4v) is 8.44. The van der Waals surface area contributed by atoms with E-state index in [-0.39, 0.29) is 64.0 Å². The van der Waals surface area contributed by atoms with Crippen LogP contribution in [0.3, 0.4) is 0 Å². The topological polar surface area (TPSA) is 84.0 Å². The van der Waals surface area contributed by atoms with E-state index >= 15 is 0 Å². The Morgan fingerprint density at radius 1 is 0.919 bits per heavy atom. The Kier molecular flexibility index (Phi) is 6.06. The molecule has 0 aromatic heterocycles. The van der Waals surface area contributed by atoms with Crippen molar-refractivity contribution in [3.63, 3.8) is 0 Å². The highest BCUT2D eigenvalue weighted by molar-refractivity contribution is 9.12. The van der Waals surface area contributed by atoms with Gasteiger partial charge in [-0.3, -0.25) is 19.2 Å². The Labute approximate surface area is 231 Å². The minimum Gasteiger partial charge on any atom is -0.426 e. The molecule has 2 aromatic rings. The van der Waals surface area contributed by atoms with Gasteiger partial charge in [-0.2, -0.15) is 0 Å². The first kappa shape index (κ1) is 24.8. The van der Waals surface area contributed by atoms with Gasteiger partial charge in [-0.05, 0) is 68.0 Å². The number of alkyl halides is 2. The molecule has 2 aliphatic carbocycles. The zero-order valence-corrected chi connectivity index (χ0v) is 23.6. The predicted octanol–water partition coefficient (Wildman–Crippen LogP) is 4.54. The molecule has 0 N–H and O–H groups in total. The SMILES string of the molecule is Cc1ccc(N2C[C@H](C(=O)Oc3ccc(N4C(=O)[C@@H]5[C@H]6C[C@@H]([C@H](Br)[C@H]6Br)[C@H]5C4=O)c(C)c3)CC2=O)cc1. The van der Waals surface area contributed by atoms with Crippen LogP contribution in [0.15, 0.2) is 42.5 Å². The molecule has 2 heterocycles. The molecule has 2 bridgehead atoms. The molecule has 192 valence electrons. The number of hydrogen-bond acceptors (Lipinski definition) is 5. The zero-order valence-electron chi connectivity index (χ0n) is 20.4. The lowest BCUT2D eigenvalue weighted by Crippen LogP contribution is -2.37. The Morgan fingerprint density at radius 2 is 1.54 bits per heavy atom. The molecule has 0 spiro atoms. The van der Waals surface area contributed by atoms with Gasteiger partial charge in [0.25, 0.3) is 0 Å². The van der Waals surface area contributed by atoms with Crippen LogP contribution in [-0.4, -0.2) is 39.9 Å². The highest BCUT2D eigenvalue weighted by Gasteiger charge is 2.66. The smallest absolute Gasteiger partial charge is 0.316 e. The number of ether oxygens (including phenoxy) is 1. The molecule has 4 fully saturated rings. The van der Waals surface area contributed by atoms with Crippen LogP contribution in [0, 0.1) is 43.4 Å². The lowest BCUT2D eigenvalue weighted by molar-refractivity contribution is -0.139. The van der Waals surface area contributed by atoms with Crippen molar-refractivity contribution in [3.8, 4) is 5.75 Å². The molecule has 2 saturated carbocycles. The maximum atomic E-state index is 13.4. The molecule has 2 aromatic carbocycles. The number of rotatable bonds is 4. The van der Waals surface area contributed by atoms with Crippen LogP contribution in [0.25, 0.3) is 0 Å². The first-order chi connectivity index (χ1) is 17.7. The lowest BCUT2D eigenvalue weighted by Gasteiger charge is -2.28. The first-order valence-electron chi connectivity index (χ1n) is 12.5. The van der Waals surface area contributed by atoms with Gasteiger partial charge in [0.1, 0.15) is 5.75 Å². The second-order valence-corrected chi connectivity index (χ2v) is 12.7. The van der Waals surface area contributed by atoms with Gasteiger partial charge in [-0.1, -0.05) is 49.6 Å². The van der Waals surface area contributed by atoms with Gasteiger partial charge in [0, 0.05) is 28.3 Å². The van der Waals surface area contributed by atoms with Crippen LogP contribution in [0.5, 0.6) is 5.75 Å². The van der Waals surface area contributed by atoms with E-state index in [4.69, 9.17) is 4.74 Å². The fraction of sp³-hybridized carbons (Fsp3) is 0.429. The largest absolute Gasteiger partial charge is 0.426 e. The summed E-state index contributed by atoms with van der Waals surface area (Å²) >= 11 is 7.43. The van der Waals surface area contributed by atoms with Gasteiger partial charge in [-0.15, -0.1) is 0 Å². The molecule has 2 saturated heterocycles. The van der Waals surface area contributed by atoms with Crippen molar-refractivity contribution in [1.82, 2.24) is 0 Å². The second kappa shape index (κ2) is 9.05. The molecule has 7 nitrogen and oxygen atoms in total. The van der Waals surface area contributed by atoms with Crippen molar-refractivity contribution < 1.29 is 23.9 Å². The number of aryl methyl sites for hydroxylation is 2. The zero-order chi connectivity index (χ0) is 26.2. The molecule has 0 unspecified atom stereocenters. The van der Waals surface area contributed by atoms with Crippen LogP contribution in [-0.2, 0) is 19.2 Å². The van der Waals surface area contributed by atoms with Crippen LogP contribution in [0.1, 0.15) is 24.0 Å². The molecule has 7 atom stereocenters. The van der Waals surface area contributed by atoms with E-state index in [1.54, 1.807) is 30.0 Å².